The van der Waals surface area contributed by atoms with Crippen molar-refractivity contribution in [2.24, 2.45) is 0 Å². The molecule has 0 spiro atoms. The van der Waals surface area contributed by atoms with Gasteiger partial charge in [-0.05, 0) is 64.9 Å². The highest BCUT2D eigenvalue weighted by Gasteiger charge is 2.42. The number of carbonyl (C=O) groups is 2. The maximum absolute atomic E-state index is 13.4. The fourth-order valence-electron chi connectivity index (χ4n) is 4.55. The zero-order chi connectivity index (χ0) is 23.8. The van der Waals surface area contributed by atoms with Crippen molar-refractivity contribution in [2.75, 3.05) is 7.11 Å². The van der Waals surface area contributed by atoms with E-state index < -0.39 is 11.9 Å². The van der Waals surface area contributed by atoms with Crippen LogP contribution in [0, 0.1) is 3.57 Å². The zero-order valence-electron chi connectivity index (χ0n) is 18.7. The minimum atomic E-state index is -0.533. The van der Waals surface area contributed by atoms with Gasteiger partial charge in [-0.25, -0.2) is 4.79 Å². The lowest BCUT2D eigenvalue weighted by atomic mass is 9.80. The van der Waals surface area contributed by atoms with E-state index in [4.69, 9.17) is 9.47 Å². The molecule has 3 aromatic rings. The van der Waals surface area contributed by atoms with Gasteiger partial charge in [0.05, 0.1) is 18.4 Å². The number of allylic oxidation sites excluding steroid dienone is 2. The Bertz CT molecular complexity index is 1350. The van der Waals surface area contributed by atoms with Crippen LogP contribution in [0.2, 0.25) is 0 Å². The van der Waals surface area contributed by atoms with Crippen LogP contribution in [0.3, 0.4) is 0 Å². The molecule has 0 aromatic heterocycles. The Morgan fingerprint density at radius 2 is 1.65 bits per heavy atom. The molecule has 1 aliphatic carbocycles. The first-order valence-corrected chi connectivity index (χ1v) is 12.0. The lowest BCUT2D eigenvalue weighted by Crippen LogP contribution is -2.29. The van der Waals surface area contributed by atoms with Crippen molar-refractivity contribution in [1.82, 2.24) is 5.32 Å². The van der Waals surface area contributed by atoms with E-state index in [1.165, 1.54) is 10.7 Å². The van der Waals surface area contributed by atoms with Crippen molar-refractivity contribution in [3.05, 3.63) is 115 Å². The summed E-state index contributed by atoms with van der Waals surface area (Å²) in [6, 6.07) is 23.3. The first kappa shape index (κ1) is 22.4. The largest absolute Gasteiger partial charge is 0.489 e. The maximum atomic E-state index is 13.4. The van der Waals surface area contributed by atoms with E-state index in [1.807, 2.05) is 79.7 Å². The van der Waals surface area contributed by atoms with Crippen LogP contribution in [0.25, 0.3) is 5.70 Å². The molecule has 1 atom stereocenters. The summed E-state index contributed by atoms with van der Waals surface area (Å²) in [6.07, 6.45) is 0. The van der Waals surface area contributed by atoms with Crippen LogP contribution >= 0.6 is 22.6 Å². The number of fused-ring (bicyclic) bond motifs is 2. The number of esters is 1. The fraction of sp³-hybridized carbons (Fsp3) is 0.143. The van der Waals surface area contributed by atoms with Crippen LogP contribution in [-0.2, 0) is 16.1 Å². The smallest absolute Gasteiger partial charge is 0.336 e. The zero-order valence-corrected chi connectivity index (χ0v) is 20.9. The number of halogens is 1. The van der Waals surface area contributed by atoms with Gasteiger partial charge in [0, 0.05) is 31.9 Å². The van der Waals surface area contributed by atoms with Crippen LogP contribution in [0.1, 0.15) is 39.9 Å². The number of rotatable bonds is 5. The lowest BCUT2D eigenvalue weighted by molar-refractivity contribution is -0.136. The van der Waals surface area contributed by atoms with Crippen molar-refractivity contribution < 1.29 is 19.1 Å². The Labute approximate surface area is 211 Å². The molecule has 0 amide bonds. The summed E-state index contributed by atoms with van der Waals surface area (Å²) in [5.74, 6) is -0.346. The molecule has 0 radical (unpaired) electrons. The van der Waals surface area contributed by atoms with E-state index in [0.717, 1.165) is 22.4 Å². The average molecular weight is 563 g/mol. The van der Waals surface area contributed by atoms with Crippen molar-refractivity contribution in [2.45, 2.75) is 19.4 Å². The summed E-state index contributed by atoms with van der Waals surface area (Å²) < 4.78 is 12.2. The molecule has 0 fully saturated rings. The Kier molecular flexibility index (Phi) is 6.00. The minimum Gasteiger partial charge on any atom is -0.489 e. The Balaban J connectivity index is 1.49. The first-order valence-electron chi connectivity index (χ1n) is 10.9. The van der Waals surface area contributed by atoms with Gasteiger partial charge in [0.2, 0.25) is 0 Å². The Morgan fingerprint density at radius 1 is 0.971 bits per heavy atom. The molecule has 3 aromatic carbocycles. The normalized spacial score (nSPS) is 16.7. The predicted octanol–water partition coefficient (Wildman–Crippen LogP) is 5.61. The molecule has 2 aliphatic rings. The number of hydrogen-bond acceptors (Lipinski definition) is 5. The topological polar surface area (TPSA) is 64.6 Å². The van der Waals surface area contributed by atoms with E-state index in [2.05, 4.69) is 27.9 Å². The first-order chi connectivity index (χ1) is 16.5. The van der Waals surface area contributed by atoms with E-state index in [0.29, 0.717) is 34.8 Å². The summed E-state index contributed by atoms with van der Waals surface area (Å²) >= 11 is 2.27. The third-order valence-electron chi connectivity index (χ3n) is 6.19. The van der Waals surface area contributed by atoms with E-state index in [9.17, 15) is 9.59 Å². The highest BCUT2D eigenvalue weighted by Crippen LogP contribution is 2.46. The molecule has 1 heterocycles. The van der Waals surface area contributed by atoms with Gasteiger partial charge in [-0.2, -0.15) is 0 Å². The number of Topliss-reactive ketones (excluding diaryl/α,β-unsaturated/α-hetero) is 1. The van der Waals surface area contributed by atoms with E-state index >= 15 is 0 Å². The molecule has 5 nitrogen and oxygen atoms in total. The monoisotopic (exact) mass is 563 g/mol. The van der Waals surface area contributed by atoms with Gasteiger partial charge < -0.3 is 14.8 Å². The van der Waals surface area contributed by atoms with Crippen LogP contribution in [-0.4, -0.2) is 18.9 Å². The summed E-state index contributed by atoms with van der Waals surface area (Å²) in [5, 5.41) is 3.30. The second kappa shape index (κ2) is 9.10. The second-order valence-electron chi connectivity index (χ2n) is 8.24. The summed E-state index contributed by atoms with van der Waals surface area (Å²) in [4.78, 5) is 26.2. The Hall–Kier alpha value is -3.39. The highest BCUT2D eigenvalue weighted by atomic mass is 127. The molecule has 0 bridgehead atoms. The number of hydrogen-bond donors (Lipinski definition) is 1. The van der Waals surface area contributed by atoms with Gasteiger partial charge in [-0.15, -0.1) is 0 Å². The molecule has 6 heteroatoms. The van der Waals surface area contributed by atoms with Gasteiger partial charge >= 0.3 is 5.97 Å². The predicted molar refractivity (Wildman–Crippen MR) is 138 cm³/mol. The number of carbonyl (C=O) groups excluding carboxylic acids is 2. The summed E-state index contributed by atoms with van der Waals surface area (Å²) in [7, 11) is 1.36. The van der Waals surface area contributed by atoms with Crippen LogP contribution < -0.4 is 10.1 Å². The molecule has 170 valence electrons. The third kappa shape index (κ3) is 3.92. The van der Waals surface area contributed by atoms with Gasteiger partial charge in [0.1, 0.15) is 12.4 Å². The molecule has 0 unspecified atom stereocenters. The van der Waals surface area contributed by atoms with Gasteiger partial charge in [0.25, 0.3) is 0 Å². The van der Waals surface area contributed by atoms with Gasteiger partial charge in [-0.1, -0.05) is 48.5 Å². The number of nitrogens with one attached hydrogen (secondary N) is 1. The van der Waals surface area contributed by atoms with E-state index in [-0.39, 0.29) is 5.78 Å². The molecule has 0 saturated carbocycles. The average Bonchev–Trinajstić information content (AvgIpc) is 3.14. The van der Waals surface area contributed by atoms with Crippen LogP contribution in [0.4, 0.5) is 0 Å². The molecule has 1 N–H and O–H groups in total. The quantitative estimate of drug-likeness (QED) is 0.323. The number of benzene rings is 3. The number of ether oxygens (including phenoxy) is 2. The molecule has 5 rings (SSSR count). The Morgan fingerprint density at radius 3 is 2.32 bits per heavy atom. The molecule has 34 heavy (non-hydrogen) atoms. The maximum Gasteiger partial charge on any atom is 0.336 e. The van der Waals surface area contributed by atoms with Crippen molar-refractivity contribution in [1.29, 1.82) is 0 Å². The van der Waals surface area contributed by atoms with Crippen molar-refractivity contribution in [3.63, 3.8) is 0 Å². The van der Waals surface area contributed by atoms with Crippen LogP contribution in [0.5, 0.6) is 5.75 Å². The SMILES string of the molecule is COC(=O)C1=C(C)NC2=C(C(=O)c3ccccc32)[C@H]1c1ccc(OCc2ccc(I)cc2)cc1. The van der Waals surface area contributed by atoms with Gasteiger partial charge in [0.15, 0.2) is 5.78 Å². The molecular formula is C28H22INO4. The number of methoxy groups -OCH3 is 1. The van der Waals surface area contributed by atoms with Crippen molar-refractivity contribution in [3.8, 4) is 5.75 Å². The highest BCUT2D eigenvalue weighted by molar-refractivity contribution is 14.1. The molecule has 0 saturated heterocycles. The van der Waals surface area contributed by atoms with Crippen LogP contribution in [0.15, 0.2) is 89.6 Å². The third-order valence-corrected chi connectivity index (χ3v) is 6.91. The summed E-state index contributed by atoms with van der Waals surface area (Å²) in [6.45, 7) is 2.30. The standard InChI is InChI=1S/C28H22INO4/c1-16-23(28(32)33-2)24(25-26(30-16)21-5-3-4-6-22(21)27(25)31)18-9-13-20(14-10-18)34-15-17-7-11-19(29)12-8-17/h3-14,24,30H,15H2,1-2H3/t24-/m0/s1. The van der Waals surface area contributed by atoms with Gasteiger partial charge in [-0.3, -0.25) is 4.79 Å². The molecule has 1 aliphatic heterocycles. The fourth-order valence-corrected chi connectivity index (χ4v) is 4.91. The number of dihydropyridines is 1. The second-order valence-corrected chi connectivity index (χ2v) is 9.48. The number of ketones is 1. The lowest BCUT2D eigenvalue weighted by Gasteiger charge is -2.29. The summed E-state index contributed by atoms with van der Waals surface area (Å²) in [5.41, 5.74) is 5.85. The van der Waals surface area contributed by atoms with Crippen molar-refractivity contribution >= 4 is 40.0 Å². The molecular weight excluding hydrogens is 541 g/mol. The van der Waals surface area contributed by atoms with E-state index in [1.54, 1.807) is 0 Å². The minimum absolute atomic E-state index is 0.0731.